The van der Waals surface area contributed by atoms with Crippen molar-refractivity contribution in [2.75, 3.05) is 11.4 Å². The first-order valence-corrected chi connectivity index (χ1v) is 7.83. The molecular weight excluding hydrogens is 264 g/mol. The number of anilines is 1. The zero-order valence-corrected chi connectivity index (χ0v) is 12.4. The van der Waals surface area contributed by atoms with Gasteiger partial charge in [0.25, 0.3) is 0 Å². The van der Waals surface area contributed by atoms with Gasteiger partial charge in [-0.1, -0.05) is 25.1 Å². The second-order valence-corrected chi connectivity index (χ2v) is 6.15. The average molecular weight is 286 g/mol. The number of piperidine rings is 1. The van der Waals surface area contributed by atoms with Gasteiger partial charge in [-0.3, -0.25) is 9.59 Å². The molecule has 0 aromatic heterocycles. The molecule has 2 fully saturated rings. The van der Waals surface area contributed by atoms with E-state index in [1.807, 2.05) is 37.3 Å². The molecule has 1 saturated carbocycles. The summed E-state index contributed by atoms with van der Waals surface area (Å²) in [6.45, 7) is 2.70. The van der Waals surface area contributed by atoms with Crippen LogP contribution in [0.15, 0.2) is 30.3 Å². The number of benzene rings is 1. The van der Waals surface area contributed by atoms with Crippen molar-refractivity contribution in [1.82, 2.24) is 5.32 Å². The summed E-state index contributed by atoms with van der Waals surface area (Å²) in [5.74, 6) is 0.605. The monoisotopic (exact) mass is 286 g/mol. The minimum absolute atomic E-state index is 0.0174. The van der Waals surface area contributed by atoms with Gasteiger partial charge in [-0.2, -0.15) is 0 Å². The zero-order valence-electron chi connectivity index (χ0n) is 12.4. The molecule has 1 aromatic rings. The van der Waals surface area contributed by atoms with E-state index in [0.29, 0.717) is 5.92 Å². The third-order valence-corrected chi connectivity index (χ3v) is 4.57. The first-order chi connectivity index (χ1) is 10.2. The molecule has 1 aromatic carbocycles. The van der Waals surface area contributed by atoms with Crippen LogP contribution in [0.3, 0.4) is 0 Å². The van der Waals surface area contributed by atoms with E-state index in [2.05, 4.69) is 5.32 Å². The minimum Gasteiger partial charge on any atom is -0.344 e. The fourth-order valence-electron chi connectivity index (χ4n) is 2.99. The molecule has 1 aliphatic carbocycles. The van der Waals surface area contributed by atoms with Crippen LogP contribution in [0.4, 0.5) is 5.69 Å². The second-order valence-electron chi connectivity index (χ2n) is 6.15. The van der Waals surface area contributed by atoms with Gasteiger partial charge in [0.05, 0.1) is 0 Å². The highest BCUT2D eigenvalue weighted by Gasteiger charge is 2.36. The van der Waals surface area contributed by atoms with Crippen molar-refractivity contribution < 1.29 is 9.59 Å². The lowest BCUT2D eigenvalue weighted by Gasteiger charge is -2.33. The molecule has 4 nitrogen and oxygen atoms in total. The van der Waals surface area contributed by atoms with Crippen LogP contribution >= 0.6 is 0 Å². The van der Waals surface area contributed by atoms with Crippen LogP contribution in [0.25, 0.3) is 0 Å². The summed E-state index contributed by atoms with van der Waals surface area (Å²) in [5.41, 5.74) is 0.914. The summed E-state index contributed by atoms with van der Waals surface area (Å²) in [6, 6.07) is 9.31. The Morgan fingerprint density at radius 3 is 2.62 bits per heavy atom. The highest BCUT2D eigenvalue weighted by molar-refractivity contribution is 6.00. The normalized spacial score (nSPS) is 23.8. The van der Waals surface area contributed by atoms with Gasteiger partial charge < -0.3 is 10.2 Å². The molecule has 4 heteroatoms. The van der Waals surface area contributed by atoms with Crippen LogP contribution in [0.5, 0.6) is 0 Å². The van der Waals surface area contributed by atoms with E-state index in [1.165, 1.54) is 0 Å². The summed E-state index contributed by atoms with van der Waals surface area (Å²) in [7, 11) is 0. The van der Waals surface area contributed by atoms with Gasteiger partial charge in [-0.15, -0.1) is 0 Å². The molecule has 2 amide bonds. The van der Waals surface area contributed by atoms with E-state index >= 15 is 0 Å². The van der Waals surface area contributed by atoms with Crippen molar-refractivity contribution in [3.8, 4) is 0 Å². The Hall–Kier alpha value is -1.84. The maximum atomic E-state index is 12.6. The quantitative estimate of drug-likeness (QED) is 0.923. The van der Waals surface area contributed by atoms with E-state index in [1.54, 1.807) is 4.90 Å². The predicted molar refractivity (Wildman–Crippen MR) is 81.8 cm³/mol. The lowest BCUT2D eigenvalue weighted by atomic mass is 10.0. The maximum absolute atomic E-state index is 12.6. The summed E-state index contributed by atoms with van der Waals surface area (Å²) >= 11 is 0. The van der Waals surface area contributed by atoms with Crippen molar-refractivity contribution in [2.24, 2.45) is 11.8 Å². The molecule has 0 radical (unpaired) electrons. The molecule has 2 unspecified atom stereocenters. The number of para-hydroxylation sites is 1. The summed E-state index contributed by atoms with van der Waals surface area (Å²) in [4.78, 5) is 26.6. The smallest absolute Gasteiger partial charge is 0.249 e. The molecule has 2 atom stereocenters. The van der Waals surface area contributed by atoms with Crippen molar-refractivity contribution in [1.29, 1.82) is 0 Å². The SMILES string of the molecule is CC(C(=O)NC1CCCN(c2ccccc2)C1=O)C1CC1. The first-order valence-electron chi connectivity index (χ1n) is 7.83. The number of nitrogens with one attached hydrogen (secondary N) is 1. The Labute approximate surface area is 125 Å². The van der Waals surface area contributed by atoms with Crippen molar-refractivity contribution in [3.05, 3.63) is 30.3 Å². The highest BCUT2D eigenvalue weighted by Crippen LogP contribution is 2.36. The Balaban J connectivity index is 1.66. The third kappa shape index (κ3) is 3.09. The summed E-state index contributed by atoms with van der Waals surface area (Å²) in [5, 5.41) is 2.96. The molecule has 2 aliphatic rings. The number of amides is 2. The van der Waals surface area contributed by atoms with Crippen LogP contribution < -0.4 is 10.2 Å². The van der Waals surface area contributed by atoms with Crippen LogP contribution in [-0.2, 0) is 9.59 Å². The number of carbonyl (C=O) groups excluding carboxylic acids is 2. The minimum atomic E-state index is -0.368. The zero-order chi connectivity index (χ0) is 14.8. The van der Waals surface area contributed by atoms with Crippen LogP contribution in [-0.4, -0.2) is 24.4 Å². The average Bonchev–Trinajstić information content (AvgIpc) is 3.34. The number of rotatable bonds is 4. The van der Waals surface area contributed by atoms with Gasteiger partial charge in [0.1, 0.15) is 6.04 Å². The molecule has 1 heterocycles. The molecule has 1 saturated heterocycles. The molecule has 21 heavy (non-hydrogen) atoms. The Morgan fingerprint density at radius 1 is 1.24 bits per heavy atom. The second kappa shape index (κ2) is 5.88. The Kier molecular flexibility index (Phi) is 3.95. The lowest BCUT2D eigenvalue weighted by molar-refractivity contribution is -0.130. The van der Waals surface area contributed by atoms with Gasteiger partial charge in [0.2, 0.25) is 11.8 Å². The van der Waals surface area contributed by atoms with E-state index in [4.69, 9.17) is 0 Å². The van der Waals surface area contributed by atoms with Crippen molar-refractivity contribution in [2.45, 2.75) is 38.6 Å². The molecule has 0 spiro atoms. The van der Waals surface area contributed by atoms with E-state index in [9.17, 15) is 9.59 Å². The summed E-state index contributed by atoms with van der Waals surface area (Å²) < 4.78 is 0. The van der Waals surface area contributed by atoms with Crippen LogP contribution in [0.2, 0.25) is 0 Å². The van der Waals surface area contributed by atoms with Crippen molar-refractivity contribution in [3.63, 3.8) is 0 Å². The van der Waals surface area contributed by atoms with Crippen LogP contribution in [0.1, 0.15) is 32.6 Å². The predicted octanol–water partition coefficient (Wildman–Crippen LogP) is 2.34. The molecule has 1 N–H and O–H groups in total. The number of hydrogen-bond acceptors (Lipinski definition) is 2. The van der Waals surface area contributed by atoms with Gasteiger partial charge in [-0.05, 0) is 43.7 Å². The standard InChI is InChI=1S/C17H22N2O2/c1-12(13-9-10-13)16(20)18-15-8-5-11-19(17(15)21)14-6-3-2-4-7-14/h2-4,6-7,12-13,15H,5,8-11H2,1H3,(H,18,20). The van der Waals surface area contributed by atoms with E-state index in [-0.39, 0.29) is 23.8 Å². The highest BCUT2D eigenvalue weighted by atomic mass is 16.2. The van der Waals surface area contributed by atoms with E-state index in [0.717, 1.165) is 37.9 Å². The molecule has 112 valence electrons. The Morgan fingerprint density at radius 2 is 1.95 bits per heavy atom. The molecule has 1 aliphatic heterocycles. The van der Waals surface area contributed by atoms with Crippen molar-refractivity contribution >= 4 is 17.5 Å². The number of nitrogens with zero attached hydrogens (tertiary/aromatic N) is 1. The topological polar surface area (TPSA) is 49.4 Å². The summed E-state index contributed by atoms with van der Waals surface area (Å²) in [6.07, 6.45) is 3.95. The molecule has 0 bridgehead atoms. The van der Waals surface area contributed by atoms with E-state index < -0.39 is 0 Å². The lowest BCUT2D eigenvalue weighted by Crippen LogP contribution is -2.53. The molecular formula is C17H22N2O2. The van der Waals surface area contributed by atoms with Gasteiger partial charge in [0.15, 0.2) is 0 Å². The molecule has 3 rings (SSSR count). The largest absolute Gasteiger partial charge is 0.344 e. The van der Waals surface area contributed by atoms with Gasteiger partial charge in [0, 0.05) is 18.2 Å². The van der Waals surface area contributed by atoms with Gasteiger partial charge in [-0.25, -0.2) is 0 Å². The number of hydrogen-bond donors (Lipinski definition) is 1. The fraction of sp³-hybridized carbons (Fsp3) is 0.529. The van der Waals surface area contributed by atoms with Gasteiger partial charge >= 0.3 is 0 Å². The third-order valence-electron chi connectivity index (χ3n) is 4.57. The Bertz CT molecular complexity index is 525. The number of carbonyl (C=O) groups is 2. The fourth-order valence-corrected chi connectivity index (χ4v) is 2.99. The van der Waals surface area contributed by atoms with Crippen LogP contribution in [0, 0.1) is 11.8 Å². The maximum Gasteiger partial charge on any atom is 0.249 e. The first kappa shape index (κ1) is 14.1.